The second-order valence-electron chi connectivity index (χ2n) is 3.68. The third-order valence-electron chi connectivity index (χ3n) is 2.71. The van der Waals surface area contributed by atoms with Crippen molar-refractivity contribution in [3.05, 3.63) is 23.3 Å². The van der Waals surface area contributed by atoms with E-state index in [0.29, 0.717) is 4.31 Å². The van der Waals surface area contributed by atoms with E-state index in [4.69, 9.17) is 11.6 Å². The van der Waals surface area contributed by atoms with Gasteiger partial charge < -0.3 is 4.74 Å². The molecule has 1 aromatic rings. The summed E-state index contributed by atoms with van der Waals surface area (Å²) in [6, 6.07) is 2.51. The Labute approximate surface area is 108 Å². The number of halogens is 1. The molecule has 0 atom stereocenters. The van der Waals surface area contributed by atoms with Gasteiger partial charge in [0.2, 0.25) is 0 Å². The SMILES string of the molecule is Cc1c(OC(=O)Cl)ccc2c1C(=O)N(C)S2(=O)=O. The molecule has 1 aliphatic heterocycles. The highest BCUT2D eigenvalue weighted by molar-refractivity contribution is 7.90. The zero-order valence-corrected chi connectivity index (χ0v) is 11.0. The molecule has 1 amide bonds. The highest BCUT2D eigenvalue weighted by Crippen LogP contribution is 2.35. The Bertz CT molecular complexity index is 667. The zero-order valence-electron chi connectivity index (χ0n) is 9.43. The van der Waals surface area contributed by atoms with Crippen molar-refractivity contribution in [2.24, 2.45) is 0 Å². The van der Waals surface area contributed by atoms with Crippen LogP contribution in [0.15, 0.2) is 17.0 Å². The molecule has 0 radical (unpaired) electrons. The normalized spacial score (nSPS) is 16.6. The summed E-state index contributed by atoms with van der Waals surface area (Å²) in [5.41, 5.74) is -0.785. The van der Waals surface area contributed by atoms with Gasteiger partial charge in [0.1, 0.15) is 10.6 Å². The van der Waals surface area contributed by atoms with E-state index in [1.807, 2.05) is 0 Å². The van der Waals surface area contributed by atoms with Crippen molar-refractivity contribution >= 4 is 33.0 Å². The van der Waals surface area contributed by atoms with Gasteiger partial charge in [-0.05, 0) is 19.1 Å². The molecule has 0 bridgehead atoms. The second-order valence-corrected chi connectivity index (χ2v) is 5.93. The highest BCUT2D eigenvalue weighted by Gasteiger charge is 2.40. The predicted molar refractivity (Wildman–Crippen MR) is 62.3 cm³/mol. The number of fused-ring (bicyclic) bond motifs is 1. The smallest absolute Gasteiger partial charge is 0.409 e. The van der Waals surface area contributed by atoms with Crippen LogP contribution in [0.4, 0.5) is 4.79 Å². The van der Waals surface area contributed by atoms with E-state index in [2.05, 4.69) is 4.74 Å². The molecule has 8 heteroatoms. The van der Waals surface area contributed by atoms with Crippen molar-refractivity contribution < 1.29 is 22.7 Å². The molecule has 0 fully saturated rings. The van der Waals surface area contributed by atoms with Crippen molar-refractivity contribution in [1.29, 1.82) is 0 Å². The first-order chi connectivity index (χ1) is 8.26. The van der Waals surface area contributed by atoms with Gasteiger partial charge >= 0.3 is 5.43 Å². The van der Waals surface area contributed by atoms with Crippen LogP contribution in [0.3, 0.4) is 0 Å². The van der Waals surface area contributed by atoms with E-state index >= 15 is 0 Å². The van der Waals surface area contributed by atoms with E-state index < -0.39 is 21.4 Å². The van der Waals surface area contributed by atoms with Crippen LogP contribution in [-0.4, -0.2) is 31.1 Å². The lowest BCUT2D eigenvalue weighted by atomic mass is 10.1. The van der Waals surface area contributed by atoms with Gasteiger partial charge in [-0.15, -0.1) is 0 Å². The molecule has 1 aliphatic rings. The molecule has 0 saturated carbocycles. The van der Waals surface area contributed by atoms with Gasteiger partial charge in [0.15, 0.2) is 0 Å². The van der Waals surface area contributed by atoms with Crippen LogP contribution < -0.4 is 4.74 Å². The van der Waals surface area contributed by atoms with Crippen LogP contribution in [0.5, 0.6) is 5.75 Å². The molecule has 18 heavy (non-hydrogen) atoms. The maximum Gasteiger partial charge on any atom is 0.409 e. The number of ether oxygens (including phenoxy) is 1. The average molecular weight is 290 g/mol. The molecule has 2 rings (SSSR count). The molecule has 0 unspecified atom stereocenters. The summed E-state index contributed by atoms with van der Waals surface area (Å²) in [7, 11) is -2.62. The lowest BCUT2D eigenvalue weighted by Crippen LogP contribution is -2.25. The zero-order chi connectivity index (χ0) is 13.7. The molecule has 0 N–H and O–H groups in total. The predicted octanol–water partition coefficient (Wildman–Crippen LogP) is 1.51. The van der Waals surface area contributed by atoms with Crippen LogP contribution in [0.2, 0.25) is 0 Å². The summed E-state index contributed by atoms with van der Waals surface area (Å²) < 4.78 is 29.0. The maximum absolute atomic E-state index is 11.9. The van der Waals surface area contributed by atoms with E-state index in [9.17, 15) is 18.0 Å². The Kier molecular flexibility index (Phi) is 2.83. The summed E-state index contributed by atoms with van der Waals surface area (Å²) >= 11 is 5.08. The lowest BCUT2D eigenvalue weighted by Gasteiger charge is -2.06. The number of nitrogens with zero attached hydrogens (tertiary/aromatic N) is 1. The first-order valence-electron chi connectivity index (χ1n) is 4.81. The molecule has 0 saturated heterocycles. The van der Waals surface area contributed by atoms with Crippen LogP contribution in [0.25, 0.3) is 0 Å². The van der Waals surface area contributed by atoms with Crippen molar-refractivity contribution in [2.45, 2.75) is 11.8 Å². The number of carbonyl (C=O) groups excluding carboxylic acids is 2. The lowest BCUT2D eigenvalue weighted by molar-refractivity contribution is 0.0890. The molecule has 6 nitrogen and oxygen atoms in total. The molecular formula is C10H8ClNO5S. The second kappa shape index (κ2) is 3.96. The number of hydrogen-bond donors (Lipinski definition) is 0. The fourth-order valence-corrected chi connectivity index (χ4v) is 3.19. The summed E-state index contributed by atoms with van der Waals surface area (Å²) in [5.74, 6) is -0.595. The quantitative estimate of drug-likeness (QED) is 0.732. The first-order valence-corrected chi connectivity index (χ1v) is 6.63. The van der Waals surface area contributed by atoms with E-state index in [0.717, 1.165) is 0 Å². The summed E-state index contributed by atoms with van der Waals surface area (Å²) in [4.78, 5) is 22.4. The number of amides is 1. The third kappa shape index (κ3) is 1.67. The minimum atomic E-state index is -3.79. The van der Waals surface area contributed by atoms with Gasteiger partial charge in [0.05, 0.1) is 5.56 Å². The number of rotatable bonds is 1. The molecule has 96 valence electrons. The van der Waals surface area contributed by atoms with Crippen molar-refractivity contribution in [1.82, 2.24) is 4.31 Å². The molecule has 0 spiro atoms. The standard InChI is InChI=1S/C10H8ClNO5S/c1-5-6(17-10(11)14)3-4-7-8(5)9(13)12(2)18(7,15)16/h3-4H,1-2H3. The van der Waals surface area contributed by atoms with Gasteiger partial charge in [0.25, 0.3) is 15.9 Å². The number of hydrogen-bond acceptors (Lipinski definition) is 5. The Balaban J connectivity index is 2.69. The van der Waals surface area contributed by atoms with E-state index in [1.54, 1.807) is 0 Å². The maximum atomic E-state index is 11.9. The van der Waals surface area contributed by atoms with Crippen molar-refractivity contribution in [2.75, 3.05) is 7.05 Å². The minimum absolute atomic E-state index is 0.00733. The molecule has 0 aliphatic carbocycles. The minimum Gasteiger partial charge on any atom is -0.414 e. The summed E-state index contributed by atoms with van der Waals surface area (Å²) in [5, 5.41) is 0. The van der Waals surface area contributed by atoms with Gasteiger partial charge in [-0.1, -0.05) is 0 Å². The number of carbonyl (C=O) groups is 2. The average Bonchev–Trinajstić information content (AvgIpc) is 2.44. The van der Waals surface area contributed by atoms with E-state index in [1.165, 1.54) is 26.1 Å². The highest BCUT2D eigenvalue weighted by atomic mass is 35.5. The van der Waals surface area contributed by atoms with Crippen molar-refractivity contribution in [3.8, 4) is 5.75 Å². The van der Waals surface area contributed by atoms with Gasteiger partial charge in [0, 0.05) is 24.2 Å². The molecular weight excluding hydrogens is 282 g/mol. The Hall–Kier alpha value is -1.60. The van der Waals surface area contributed by atoms with Crippen molar-refractivity contribution in [3.63, 3.8) is 0 Å². The first kappa shape index (κ1) is 12.8. The fraction of sp³-hybridized carbons (Fsp3) is 0.200. The van der Waals surface area contributed by atoms with E-state index in [-0.39, 0.29) is 21.8 Å². The third-order valence-corrected chi connectivity index (χ3v) is 4.57. The number of sulfonamides is 1. The Morgan fingerprint density at radius 1 is 1.39 bits per heavy atom. The Morgan fingerprint density at radius 3 is 2.56 bits per heavy atom. The molecule has 1 heterocycles. The van der Waals surface area contributed by atoms with Crippen LogP contribution >= 0.6 is 11.6 Å². The van der Waals surface area contributed by atoms with Gasteiger partial charge in [-0.25, -0.2) is 17.5 Å². The largest absolute Gasteiger partial charge is 0.414 e. The van der Waals surface area contributed by atoms with Crippen LogP contribution in [-0.2, 0) is 10.0 Å². The molecule has 1 aromatic carbocycles. The fourth-order valence-electron chi connectivity index (χ4n) is 1.76. The number of benzene rings is 1. The molecule has 0 aromatic heterocycles. The summed E-state index contributed by atoms with van der Waals surface area (Å²) in [6.45, 7) is 1.49. The monoisotopic (exact) mass is 289 g/mol. The Morgan fingerprint density at radius 2 is 2.00 bits per heavy atom. The van der Waals surface area contributed by atoms with Crippen LogP contribution in [0, 0.1) is 6.92 Å². The van der Waals surface area contributed by atoms with Gasteiger partial charge in [-0.3, -0.25) is 4.79 Å². The topological polar surface area (TPSA) is 80.8 Å². The van der Waals surface area contributed by atoms with Crippen LogP contribution in [0.1, 0.15) is 15.9 Å². The summed E-state index contributed by atoms with van der Waals surface area (Å²) in [6.07, 6.45) is 0. The van der Waals surface area contributed by atoms with Gasteiger partial charge in [-0.2, -0.15) is 0 Å².